The minimum Gasteiger partial charge on any atom is -0.261 e. The Morgan fingerprint density at radius 3 is 1.80 bits per heavy atom. The van der Waals surface area contributed by atoms with Crippen LogP contribution in [0.5, 0.6) is 0 Å². The van der Waals surface area contributed by atoms with Gasteiger partial charge in [0.15, 0.2) is 0 Å². The van der Waals surface area contributed by atoms with Crippen molar-refractivity contribution in [3.8, 4) is 0 Å². The van der Waals surface area contributed by atoms with Crippen LogP contribution in [0.3, 0.4) is 0 Å². The van der Waals surface area contributed by atoms with E-state index in [1.165, 1.54) is 0 Å². The Balaban J connectivity index is 2.34. The van der Waals surface area contributed by atoms with E-state index in [0.717, 1.165) is 17.8 Å². The van der Waals surface area contributed by atoms with Gasteiger partial charge in [-0.3, -0.25) is 9.97 Å². The molecule has 2 rings (SSSR count). The van der Waals surface area contributed by atoms with Crippen molar-refractivity contribution in [2.24, 2.45) is 0 Å². The fourth-order valence-corrected chi connectivity index (χ4v) is 1.61. The second kappa shape index (κ2) is 4.69. The Morgan fingerprint density at radius 1 is 0.933 bits per heavy atom. The van der Waals surface area contributed by atoms with Crippen LogP contribution in [0, 0.1) is 6.92 Å². The predicted molar refractivity (Wildman–Crippen MR) is 60.3 cm³/mol. The lowest BCUT2D eigenvalue weighted by Crippen LogP contribution is -2.03. The fraction of sp³-hybridized carbons (Fsp3) is 0.154. The number of pyridine rings is 2. The summed E-state index contributed by atoms with van der Waals surface area (Å²) in [6.45, 7) is 3.96. The van der Waals surface area contributed by atoms with Crippen molar-refractivity contribution in [3.63, 3.8) is 0 Å². The molecule has 2 heteroatoms. The van der Waals surface area contributed by atoms with Crippen molar-refractivity contribution >= 4 is 0 Å². The van der Waals surface area contributed by atoms with Gasteiger partial charge in [0.1, 0.15) is 0 Å². The van der Waals surface area contributed by atoms with E-state index >= 15 is 0 Å². The Morgan fingerprint density at radius 2 is 1.47 bits per heavy atom. The molecule has 75 valence electrons. The first-order valence-electron chi connectivity index (χ1n) is 5.03. The fourth-order valence-electron chi connectivity index (χ4n) is 1.61. The highest BCUT2D eigenvalue weighted by Crippen LogP contribution is 2.23. The molecule has 0 aromatic carbocycles. The molecule has 0 aliphatic rings. The van der Waals surface area contributed by atoms with Crippen molar-refractivity contribution in [2.45, 2.75) is 12.3 Å². The van der Waals surface area contributed by atoms with E-state index in [1.54, 1.807) is 12.4 Å². The Labute approximate surface area is 90.0 Å². The summed E-state index contributed by atoms with van der Waals surface area (Å²) < 4.78 is 0. The highest BCUT2D eigenvalue weighted by molar-refractivity contribution is 5.22. The summed E-state index contributed by atoms with van der Waals surface area (Å²) in [6, 6.07) is 11.9. The Kier molecular flexibility index (Phi) is 3.08. The molecule has 2 aromatic rings. The van der Waals surface area contributed by atoms with Crippen molar-refractivity contribution in [2.75, 3.05) is 0 Å². The van der Waals surface area contributed by atoms with Gasteiger partial charge in [-0.25, -0.2) is 0 Å². The summed E-state index contributed by atoms with van der Waals surface area (Å²) in [5.74, 6) is 0.201. The molecule has 0 spiro atoms. The lowest BCUT2D eigenvalue weighted by Gasteiger charge is -2.12. The van der Waals surface area contributed by atoms with Gasteiger partial charge in [0.05, 0.1) is 0 Å². The molecule has 0 unspecified atom stereocenters. The van der Waals surface area contributed by atoms with E-state index in [2.05, 4.69) is 16.9 Å². The molecule has 2 nitrogen and oxygen atoms in total. The second-order valence-corrected chi connectivity index (χ2v) is 3.35. The average Bonchev–Trinajstić information content (AvgIpc) is 2.33. The molecule has 2 heterocycles. The monoisotopic (exact) mass is 197 g/mol. The molecule has 0 bridgehead atoms. The highest BCUT2D eigenvalue weighted by atomic mass is 14.7. The SMILES string of the molecule is [CH2]CC(c1ccccn1)c1ccccn1. The van der Waals surface area contributed by atoms with Crippen LogP contribution in [-0.4, -0.2) is 9.97 Å². The summed E-state index contributed by atoms with van der Waals surface area (Å²) in [4.78, 5) is 8.69. The van der Waals surface area contributed by atoms with Crippen LogP contribution in [0.1, 0.15) is 23.7 Å². The third kappa shape index (κ3) is 2.21. The van der Waals surface area contributed by atoms with Crippen LogP contribution in [0.25, 0.3) is 0 Å². The maximum absolute atomic E-state index is 4.35. The molecular weight excluding hydrogens is 184 g/mol. The summed E-state index contributed by atoms with van der Waals surface area (Å²) >= 11 is 0. The van der Waals surface area contributed by atoms with Crippen LogP contribution in [0.15, 0.2) is 48.8 Å². The zero-order chi connectivity index (χ0) is 10.5. The molecule has 15 heavy (non-hydrogen) atoms. The van der Waals surface area contributed by atoms with Crippen LogP contribution >= 0.6 is 0 Å². The normalized spacial score (nSPS) is 10.5. The second-order valence-electron chi connectivity index (χ2n) is 3.35. The number of nitrogens with zero attached hydrogens (tertiary/aromatic N) is 2. The van der Waals surface area contributed by atoms with Gasteiger partial charge < -0.3 is 0 Å². The van der Waals surface area contributed by atoms with Crippen LogP contribution < -0.4 is 0 Å². The number of rotatable bonds is 3. The van der Waals surface area contributed by atoms with Crippen LogP contribution in [0.4, 0.5) is 0 Å². The first-order chi connectivity index (χ1) is 7.42. The largest absolute Gasteiger partial charge is 0.261 e. The molecule has 2 aromatic heterocycles. The minimum atomic E-state index is 0.201. The first kappa shape index (κ1) is 9.84. The maximum Gasteiger partial charge on any atom is 0.0494 e. The molecule has 0 fully saturated rings. The maximum atomic E-state index is 4.35. The van der Waals surface area contributed by atoms with Gasteiger partial charge in [-0.2, -0.15) is 0 Å². The van der Waals surface area contributed by atoms with Crippen molar-refractivity contribution in [1.82, 2.24) is 9.97 Å². The van der Waals surface area contributed by atoms with Crippen molar-refractivity contribution < 1.29 is 0 Å². The summed E-state index contributed by atoms with van der Waals surface area (Å²) in [5.41, 5.74) is 2.07. The van der Waals surface area contributed by atoms with Gasteiger partial charge in [0.2, 0.25) is 0 Å². The zero-order valence-corrected chi connectivity index (χ0v) is 8.50. The molecule has 0 aliphatic heterocycles. The number of hydrogen-bond acceptors (Lipinski definition) is 2. The lowest BCUT2D eigenvalue weighted by molar-refractivity contribution is 0.762. The topological polar surface area (TPSA) is 25.8 Å². The van der Waals surface area contributed by atoms with Crippen molar-refractivity contribution in [1.29, 1.82) is 0 Å². The average molecular weight is 197 g/mol. The summed E-state index contributed by atoms with van der Waals surface area (Å²) in [5, 5.41) is 0. The van der Waals surface area contributed by atoms with Gasteiger partial charge in [0.25, 0.3) is 0 Å². The van der Waals surface area contributed by atoms with E-state index in [-0.39, 0.29) is 5.92 Å². The third-order valence-electron chi connectivity index (χ3n) is 2.38. The smallest absolute Gasteiger partial charge is 0.0494 e. The van der Waals surface area contributed by atoms with Gasteiger partial charge in [0, 0.05) is 29.7 Å². The highest BCUT2D eigenvalue weighted by Gasteiger charge is 2.13. The van der Waals surface area contributed by atoms with Crippen molar-refractivity contribution in [3.05, 3.63) is 67.1 Å². The standard InChI is InChI=1S/C13H13N2/c1-2-11(12-7-3-5-9-14-12)13-8-4-6-10-15-13/h3-11H,1-2H2. The Hall–Kier alpha value is -1.70. The van der Waals surface area contributed by atoms with Crippen LogP contribution in [0.2, 0.25) is 0 Å². The van der Waals surface area contributed by atoms with Gasteiger partial charge >= 0.3 is 0 Å². The van der Waals surface area contributed by atoms with E-state index in [4.69, 9.17) is 0 Å². The number of hydrogen-bond donors (Lipinski definition) is 0. The first-order valence-corrected chi connectivity index (χ1v) is 5.03. The van der Waals surface area contributed by atoms with Gasteiger partial charge in [-0.1, -0.05) is 19.1 Å². The Bertz CT molecular complexity index is 358. The molecule has 0 saturated carbocycles. The number of aromatic nitrogens is 2. The van der Waals surface area contributed by atoms with Gasteiger partial charge in [-0.15, -0.1) is 0 Å². The summed E-state index contributed by atoms with van der Waals surface area (Å²) in [6.07, 6.45) is 4.38. The van der Waals surface area contributed by atoms with E-state index < -0.39 is 0 Å². The van der Waals surface area contributed by atoms with E-state index in [9.17, 15) is 0 Å². The molecule has 0 atom stereocenters. The zero-order valence-electron chi connectivity index (χ0n) is 8.50. The molecule has 1 radical (unpaired) electrons. The van der Waals surface area contributed by atoms with E-state index in [0.29, 0.717) is 0 Å². The molecule has 0 N–H and O–H groups in total. The minimum absolute atomic E-state index is 0.201. The van der Waals surface area contributed by atoms with E-state index in [1.807, 2.05) is 36.4 Å². The molecule has 0 amide bonds. The molecule has 0 aliphatic carbocycles. The summed E-state index contributed by atoms with van der Waals surface area (Å²) in [7, 11) is 0. The van der Waals surface area contributed by atoms with Crippen LogP contribution in [-0.2, 0) is 0 Å². The molecule has 0 saturated heterocycles. The third-order valence-corrected chi connectivity index (χ3v) is 2.38. The van der Waals surface area contributed by atoms with Gasteiger partial charge in [-0.05, 0) is 30.7 Å². The molecular formula is C13H13N2. The lowest BCUT2D eigenvalue weighted by atomic mass is 9.97. The predicted octanol–water partition coefficient (Wildman–Crippen LogP) is 2.83. The quantitative estimate of drug-likeness (QED) is 0.756.